The van der Waals surface area contributed by atoms with E-state index >= 15 is 0 Å². The van der Waals surface area contributed by atoms with Crippen LogP contribution in [0.5, 0.6) is 0 Å². The molecule has 0 saturated carbocycles. The van der Waals surface area contributed by atoms with E-state index in [1.54, 1.807) is 0 Å². The largest absolute Gasteiger partial charge is 0.465 e. The van der Waals surface area contributed by atoms with E-state index in [9.17, 15) is 27.2 Å². The van der Waals surface area contributed by atoms with Crippen molar-refractivity contribution in [3.63, 3.8) is 0 Å². The van der Waals surface area contributed by atoms with Gasteiger partial charge >= 0.3 is 5.97 Å². The first kappa shape index (κ1) is 18.1. The second-order valence-electron chi connectivity index (χ2n) is 4.93. The predicted molar refractivity (Wildman–Crippen MR) is 73.8 cm³/mol. The number of ketones is 1. The van der Waals surface area contributed by atoms with Crippen molar-refractivity contribution < 1.29 is 36.6 Å². The van der Waals surface area contributed by atoms with Gasteiger partial charge in [-0.3, -0.25) is 14.6 Å². The number of hydrogen-bond acceptors (Lipinski definition) is 5. The van der Waals surface area contributed by atoms with Gasteiger partial charge in [0.15, 0.2) is 35.0 Å². The van der Waals surface area contributed by atoms with E-state index in [0.29, 0.717) is 0 Å². The maximum atomic E-state index is 13.8. The zero-order valence-electron chi connectivity index (χ0n) is 12.5. The van der Waals surface area contributed by atoms with Crippen LogP contribution in [0.3, 0.4) is 0 Å². The van der Waals surface area contributed by atoms with Crippen LogP contribution in [0.25, 0.3) is 0 Å². The second kappa shape index (κ2) is 7.52. The number of Topliss-reactive ketones (excluding diaryl/α,β-unsaturated/α-hetero) is 1. The minimum atomic E-state index is -2.13. The molecule has 0 aromatic heterocycles. The molecule has 0 aliphatic carbocycles. The third kappa shape index (κ3) is 3.61. The van der Waals surface area contributed by atoms with Crippen molar-refractivity contribution in [1.29, 1.82) is 0 Å². The highest BCUT2D eigenvalue weighted by atomic mass is 19.2. The minimum absolute atomic E-state index is 0.0718. The van der Waals surface area contributed by atoms with Crippen LogP contribution in [0, 0.1) is 29.2 Å². The molecule has 1 unspecified atom stereocenters. The molecule has 0 bridgehead atoms. The standard InChI is InChI=1S/C15H13F4NO4/c1-2-24-15(22)9(4-20-7-5-23-6-7)14(21)8-3-10(16)12(18)13(19)11(8)17/h3-4,7,9H,2,5-6H2,1H3. The Morgan fingerprint density at radius 2 is 1.96 bits per heavy atom. The molecule has 5 nitrogen and oxygen atoms in total. The average Bonchev–Trinajstić information content (AvgIpc) is 2.50. The molecule has 0 spiro atoms. The SMILES string of the molecule is CCOC(=O)C(C=NC1COC1)C(=O)c1cc(F)c(F)c(F)c1F. The van der Waals surface area contributed by atoms with E-state index in [1.165, 1.54) is 6.92 Å². The average molecular weight is 347 g/mol. The predicted octanol–water partition coefficient (Wildman–Crippen LogP) is 2.07. The normalized spacial score (nSPS) is 16.0. The Hall–Kier alpha value is -2.29. The van der Waals surface area contributed by atoms with Crippen LogP contribution in [0.1, 0.15) is 17.3 Å². The van der Waals surface area contributed by atoms with Gasteiger partial charge in [0.1, 0.15) is 0 Å². The maximum Gasteiger partial charge on any atom is 0.322 e. The number of hydrogen-bond donors (Lipinski definition) is 0. The number of ether oxygens (including phenoxy) is 2. The zero-order valence-corrected chi connectivity index (χ0v) is 12.5. The van der Waals surface area contributed by atoms with E-state index < -0.39 is 46.5 Å². The van der Waals surface area contributed by atoms with Gasteiger partial charge in [0, 0.05) is 6.21 Å². The maximum absolute atomic E-state index is 13.8. The first-order chi connectivity index (χ1) is 11.4. The fraction of sp³-hybridized carbons (Fsp3) is 0.400. The number of carbonyl (C=O) groups is 2. The van der Waals surface area contributed by atoms with E-state index in [0.717, 1.165) is 6.21 Å². The lowest BCUT2D eigenvalue weighted by Crippen LogP contribution is -2.34. The number of rotatable bonds is 6. The van der Waals surface area contributed by atoms with Crippen LogP contribution in [0.15, 0.2) is 11.1 Å². The summed E-state index contributed by atoms with van der Waals surface area (Å²) >= 11 is 0. The second-order valence-corrected chi connectivity index (χ2v) is 4.93. The third-order valence-electron chi connectivity index (χ3n) is 3.26. The molecule has 1 aliphatic heterocycles. The Morgan fingerprint density at radius 3 is 2.50 bits per heavy atom. The molecule has 130 valence electrons. The summed E-state index contributed by atoms with van der Waals surface area (Å²) < 4.78 is 62.9. The van der Waals surface area contributed by atoms with Crippen LogP contribution in [0.2, 0.25) is 0 Å². The van der Waals surface area contributed by atoms with Crippen molar-refractivity contribution in [3.8, 4) is 0 Å². The van der Waals surface area contributed by atoms with Crippen molar-refractivity contribution in [1.82, 2.24) is 0 Å². The molecule has 1 atom stereocenters. The molecule has 2 rings (SSSR count). The number of carbonyl (C=O) groups excluding carboxylic acids is 2. The number of esters is 1. The highest BCUT2D eigenvalue weighted by Crippen LogP contribution is 2.22. The van der Waals surface area contributed by atoms with Gasteiger partial charge in [-0.05, 0) is 13.0 Å². The summed E-state index contributed by atoms with van der Waals surface area (Å²) in [4.78, 5) is 28.1. The fourth-order valence-electron chi connectivity index (χ4n) is 1.90. The van der Waals surface area contributed by atoms with Crippen LogP contribution >= 0.6 is 0 Å². The number of halogens is 4. The van der Waals surface area contributed by atoms with Gasteiger partial charge in [-0.2, -0.15) is 0 Å². The van der Waals surface area contributed by atoms with Gasteiger partial charge in [-0.15, -0.1) is 0 Å². The summed E-state index contributed by atoms with van der Waals surface area (Å²) in [6.45, 7) is 1.98. The molecule has 1 fully saturated rings. The van der Waals surface area contributed by atoms with Crippen molar-refractivity contribution in [3.05, 3.63) is 34.9 Å². The smallest absolute Gasteiger partial charge is 0.322 e. The van der Waals surface area contributed by atoms with Gasteiger partial charge in [0.25, 0.3) is 0 Å². The number of benzene rings is 1. The number of aliphatic imine (C=N–C) groups is 1. The lowest BCUT2D eigenvalue weighted by molar-refractivity contribution is -0.144. The Labute approximate surface area is 134 Å². The summed E-state index contributed by atoms with van der Waals surface area (Å²) in [5, 5.41) is 0. The molecule has 24 heavy (non-hydrogen) atoms. The lowest BCUT2D eigenvalue weighted by atomic mass is 9.97. The zero-order chi connectivity index (χ0) is 17.9. The van der Waals surface area contributed by atoms with Gasteiger partial charge < -0.3 is 9.47 Å². The topological polar surface area (TPSA) is 65.0 Å². The molecular weight excluding hydrogens is 334 g/mol. The summed E-state index contributed by atoms with van der Waals surface area (Å²) in [5.41, 5.74) is -1.10. The Balaban J connectivity index is 2.36. The van der Waals surface area contributed by atoms with Crippen molar-refractivity contribution >= 4 is 18.0 Å². The molecule has 1 aromatic rings. The summed E-state index contributed by atoms with van der Waals surface area (Å²) in [5.74, 6) is -11.9. The van der Waals surface area contributed by atoms with Gasteiger partial charge in [-0.1, -0.05) is 0 Å². The third-order valence-corrected chi connectivity index (χ3v) is 3.26. The molecule has 0 N–H and O–H groups in total. The molecule has 1 aliphatic rings. The molecule has 0 amide bonds. The minimum Gasteiger partial charge on any atom is -0.465 e. The van der Waals surface area contributed by atoms with Crippen LogP contribution in [0.4, 0.5) is 17.6 Å². The molecule has 1 heterocycles. The summed E-state index contributed by atoms with van der Waals surface area (Å²) in [7, 11) is 0. The lowest BCUT2D eigenvalue weighted by Gasteiger charge is -2.22. The van der Waals surface area contributed by atoms with E-state index in [4.69, 9.17) is 4.74 Å². The van der Waals surface area contributed by atoms with Crippen molar-refractivity contribution in [2.24, 2.45) is 10.9 Å². The molecule has 9 heteroatoms. The fourth-order valence-corrected chi connectivity index (χ4v) is 1.90. The summed E-state index contributed by atoms with van der Waals surface area (Å²) in [6.07, 6.45) is 0.923. The summed E-state index contributed by atoms with van der Waals surface area (Å²) in [6, 6.07) is -0.0796. The van der Waals surface area contributed by atoms with Crippen molar-refractivity contribution in [2.45, 2.75) is 13.0 Å². The monoisotopic (exact) mass is 347 g/mol. The molecule has 1 aromatic carbocycles. The first-order valence-electron chi connectivity index (χ1n) is 7.01. The van der Waals surface area contributed by atoms with Crippen LogP contribution < -0.4 is 0 Å². The van der Waals surface area contributed by atoms with Crippen LogP contribution in [-0.4, -0.2) is 43.8 Å². The van der Waals surface area contributed by atoms with E-state index in [2.05, 4.69) is 9.73 Å². The highest BCUT2D eigenvalue weighted by molar-refractivity contribution is 6.18. The van der Waals surface area contributed by atoms with Gasteiger partial charge in [-0.25, -0.2) is 17.6 Å². The first-order valence-corrected chi connectivity index (χ1v) is 7.01. The molecule has 0 radical (unpaired) electrons. The van der Waals surface area contributed by atoms with E-state index in [1.807, 2.05) is 0 Å². The quantitative estimate of drug-likeness (QED) is 0.150. The highest BCUT2D eigenvalue weighted by Gasteiger charge is 2.33. The molecular formula is C15H13F4NO4. The number of nitrogens with zero attached hydrogens (tertiary/aromatic N) is 1. The van der Waals surface area contributed by atoms with Crippen LogP contribution in [-0.2, 0) is 14.3 Å². The molecule has 1 saturated heterocycles. The Bertz CT molecular complexity index is 689. The van der Waals surface area contributed by atoms with Crippen molar-refractivity contribution in [2.75, 3.05) is 19.8 Å². The van der Waals surface area contributed by atoms with Gasteiger partial charge in [0.05, 0.1) is 31.4 Å². The Kier molecular flexibility index (Phi) is 5.66. The Morgan fingerprint density at radius 1 is 1.29 bits per heavy atom. The van der Waals surface area contributed by atoms with Gasteiger partial charge in [0.2, 0.25) is 0 Å². The van der Waals surface area contributed by atoms with E-state index in [-0.39, 0.29) is 31.9 Å².